The van der Waals surface area contributed by atoms with Crippen LogP contribution in [0, 0.1) is 5.92 Å². The third-order valence-electron chi connectivity index (χ3n) is 3.97. The summed E-state index contributed by atoms with van der Waals surface area (Å²) in [5.41, 5.74) is 0.856. The molecule has 1 rings (SSSR count). The molecule has 0 amide bonds. The Hall–Kier alpha value is -1.75. The largest absolute Gasteiger partial charge is 0.497 e. The van der Waals surface area contributed by atoms with E-state index in [-0.39, 0.29) is 0 Å². The zero-order valence-corrected chi connectivity index (χ0v) is 14.8. The van der Waals surface area contributed by atoms with E-state index in [1.165, 1.54) is 0 Å². The van der Waals surface area contributed by atoms with E-state index in [0.717, 1.165) is 43.2 Å². The molecule has 0 fully saturated rings. The molecule has 23 heavy (non-hydrogen) atoms. The van der Waals surface area contributed by atoms with Crippen molar-refractivity contribution in [3.8, 4) is 5.75 Å². The van der Waals surface area contributed by atoms with Crippen molar-refractivity contribution in [1.82, 2.24) is 10.6 Å². The van der Waals surface area contributed by atoms with E-state index in [0.29, 0.717) is 12.5 Å². The minimum Gasteiger partial charge on any atom is -0.497 e. The Morgan fingerprint density at radius 2 is 1.78 bits per heavy atom. The summed E-state index contributed by atoms with van der Waals surface area (Å²) in [4.78, 5) is 4.61. The lowest BCUT2D eigenvalue weighted by Crippen LogP contribution is -2.39. The van der Waals surface area contributed by atoms with Gasteiger partial charge in [0.2, 0.25) is 0 Å². The summed E-state index contributed by atoms with van der Waals surface area (Å²) in [5.74, 6) is 2.15. The number of benzene rings is 1. The third-order valence-corrected chi connectivity index (χ3v) is 3.97. The lowest BCUT2D eigenvalue weighted by Gasteiger charge is -2.17. The van der Waals surface area contributed by atoms with Crippen molar-refractivity contribution in [2.75, 3.05) is 26.7 Å². The Bertz CT molecular complexity index is 456. The molecule has 0 aromatic heterocycles. The van der Waals surface area contributed by atoms with Gasteiger partial charge >= 0.3 is 0 Å². The van der Waals surface area contributed by atoms with E-state index < -0.39 is 6.10 Å². The SMILES string of the molecule is CCNC(=NCC(CC)CC)NCC(O)c1ccc(OC)cc1. The van der Waals surface area contributed by atoms with Gasteiger partial charge in [-0.15, -0.1) is 0 Å². The lowest BCUT2D eigenvalue weighted by atomic mass is 10.0. The van der Waals surface area contributed by atoms with Crippen LogP contribution in [-0.2, 0) is 0 Å². The minimum atomic E-state index is -0.585. The fourth-order valence-corrected chi connectivity index (χ4v) is 2.25. The van der Waals surface area contributed by atoms with Gasteiger partial charge in [-0.05, 0) is 30.5 Å². The molecule has 0 bridgehead atoms. The predicted octanol–water partition coefficient (Wildman–Crippen LogP) is 2.72. The second-order valence-electron chi connectivity index (χ2n) is 5.57. The second-order valence-corrected chi connectivity index (χ2v) is 5.57. The topological polar surface area (TPSA) is 65.9 Å². The predicted molar refractivity (Wildman–Crippen MR) is 96.0 cm³/mol. The standard InChI is InChI=1S/C18H31N3O2/c1-5-14(6-2)12-20-18(19-7-3)21-13-17(22)15-8-10-16(23-4)11-9-15/h8-11,14,17,22H,5-7,12-13H2,1-4H3,(H2,19,20,21). The number of nitrogens with one attached hydrogen (secondary N) is 2. The molecule has 130 valence electrons. The maximum absolute atomic E-state index is 10.3. The molecule has 3 N–H and O–H groups in total. The summed E-state index contributed by atoms with van der Waals surface area (Å²) in [7, 11) is 1.63. The Morgan fingerprint density at radius 1 is 1.13 bits per heavy atom. The molecule has 0 aliphatic carbocycles. The highest BCUT2D eigenvalue weighted by atomic mass is 16.5. The van der Waals surface area contributed by atoms with Crippen LogP contribution in [0.1, 0.15) is 45.3 Å². The van der Waals surface area contributed by atoms with Gasteiger partial charge in [-0.25, -0.2) is 0 Å². The number of guanidine groups is 1. The highest BCUT2D eigenvalue weighted by Gasteiger charge is 2.09. The van der Waals surface area contributed by atoms with Crippen molar-refractivity contribution in [1.29, 1.82) is 0 Å². The Labute approximate surface area is 140 Å². The molecule has 1 aromatic rings. The summed E-state index contributed by atoms with van der Waals surface area (Å²) in [6.45, 7) is 8.44. The first-order valence-corrected chi connectivity index (χ1v) is 8.48. The van der Waals surface area contributed by atoms with E-state index in [1.807, 2.05) is 31.2 Å². The van der Waals surface area contributed by atoms with Gasteiger partial charge in [0, 0.05) is 19.6 Å². The van der Waals surface area contributed by atoms with Crippen molar-refractivity contribution in [2.24, 2.45) is 10.9 Å². The molecule has 0 heterocycles. The number of methoxy groups -OCH3 is 1. The average molecular weight is 321 g/mol. The van der Waals surface area contributed by atoms with Gasteiger partial charge in [0.05, 0.1) is 13.2 Å². The molecular weight excluding hydrogens is 290 g/mol. The molecule has 0 aliphatic heterocycles. The fourth-order valence-electron chi connectivity index (χ4n) is 2.25. The number of ether oxygens (including phenoxy) is 1. The Balaban J connectivity index is 2.57. The summed E-state index contributed by atoms with van der Waals surface area (Å²) < 4.78 is 5.13. The van der Waals surface area contributed by atoms with E-state index in [2.05, 4.69) is 29.5 Å². The quantitative estimate of drug-likeness (QED) is 0.483. The molecule has 1 unspecified atom stereocenters. The first-order valence-electron chi connectivity index (χ1n) is 8.48. The van der Waals surface area contributed by atoms with Gasteiger partial charge in [-0.3, -0.25) is 4.99 Å². The van der Waals surface area contributed by atoms with Crippen molar-refractivity contribution < 1.29 is 9.84 Å². The number of aliphatic imine (C=N–C) groups is 1. The van der Waals surface area contributed by atoms with Gasteiger partial charge in [0.25, 0.3) is 0 Å². The van der Waals surface area contributed by atoms with Crippen LogP contribution in [0.15, 0.2) is 29.3 Å². The van der Waals surface area contributed by atoms with E-state index in [4.69, 9.17) is 4.74 Å². The van der Waals surface area contributed by atoms with Gasteiger partial charge in [-0.2, -0.15) is 0 Å². The highest BCUT2D eigenvalue weighted by molar-refractivity contribution is 5.79. The number of hydrogen-bond acceptors (Lipinski definition) is 3. The van der Waals surface area contributed by atoms with Crippen LogP contribution in [-0.4, -0.2) is 37.8 Å². The molecule has 0 saturated heterocycles. The number of aliphatic hydroxyl groups excluding tert-OH is 1. The van der Waals surface area contributed by atoms with Crippen molar-refractivity contribution in [3.05, 3.63) is 29.8 Å². The molecule has 0 spiro atoms. The highest BCUT2D eigenvalue weighted by Crippen LogP contribution is 2.16. The third kappa shape index (κ3) is 6.91. The van der Waals surface area contributed by atoms with E-state index in [9.17, 15) is 5.11 Å². The van der Waals surface area contributed by atoms with Crippen LogP contribution in [0.3, 0.4) is 0 Å². The maximum atomic E-state index is 10.3. The molecule has 0 radical (unpaired) electrons. The van der Waals surface area contributed by atoms with Crippen LogP contribution in [0.25, 0.3) is 0 Å². The maximum Gasteiger partial charge on any atom is 0.191 e. The van der Waals surface area contributed by atoms with Crippen LogP contribution < -0.4 is 15.4 Å². The zero-order valence-electron chi connectivity index (χ0n) is 14.8. The van der Waals surface area contributed by atoms with Crippen LogP contribution >= 0.6 is 0 Å². The van der Waals surface area contributed by atoms with Gasteiger partial charge < -0.3 is 20.5 Å². The smallest absolute Gasteiger partial charge is 0.191 e. The summed E-state index contributed by atoms with van der Waals surface area (Å²) in [5, 5.41) is 16.7. The Kier molecular flexibility index (Phi) is 9.14. The summed E-state index contributed by atoms with van der Waals surface area (Å²) in [6, 6.07) is 7.45. The number of nitrogens with zero attached hydrogens (tertiary/aromatic N) is 1. The molecule has 5 nitrogen and oxygen atoms in total. The molecular formula is C18H31N3O2. The van der Waals surface area contributed by atoms with Crippen LogP contribution in [0.5, 0.6) is 5.75 Å². The van der Waals surface area contributed by atoms with Crippen LogP contribution in [0.4, 0.5) is 0 Å². The van der Waals surface area contributed by atoms with E-state index in [1.54, 1.807) is 7.11 Å². The van der Waals surface area contributed by atoms with Gasteiger partial charge in [0.15, 0.2) is 5.96 Å². The number of aliphatic hydroxyl groups is 1. The zero-order chi connectivity index (χ0) is 17.1. The van der Waals surface area contributed by atoms with E-state index >= 15 is 0 Å². The van der Waals surface area contributed by atoms with Crippen molar-refractivity contribution >= 4 is 5.96 Å². The summed E-state index contributed by atoms with van der Waals surface area (Å²) in [6.07, 6.45) is 1.68. The minimum absolute atomic E-state index is 0.418. The van der Waals surface area contributed by atoms with Crippen molar-refractivity contribution in [2.45, 2.75) is 39.7 Å². The lowest BCUT2D eigenvalue weighted by molar-refractivity contribution is 0.180. The number of hydrogen-bond donors (Lipinski definition) is 3. The molecule has 5 heteroatoms. The molecule has 0 aliphatic rings. The monoisotopic (exact) mass is 321 g/mol. The Morgan fingerprint density at radius 3 is 2.30 bits per heavy atom. The van der Waals surface area contributed by atoms with Gasteiger partial charge in [-0.1, -0.05) is 38.8 Å². The normalized spacial score (nSPS) is 13.0. The molecule has 1 aromatic carbocycles. The first kappa shape index (κ1) is 19.3. The first-order chi connectivity index (χ1) is 11.1. The van der Waals surface area contributed by atoms with Crippen molar-refractivity contribution in [3.63, 3.8) is 0 Å². The average Bonchev–Trinajstić information content (AvgIpc) is 2.60. The summed E-state index contributed by atoms with van der Waals surface area (Å²) >= 11 is 0. The molecule has 1 atom stereocenters. The second kappa shape index (κ2) is 10.9. The number of rotatable bonds is 9. The fraction of sp³-hybridized carbons (Fsp3) is 0.611. The molecule has 0 saturated carbocycles. The van der Waals surface area contributed by atoms with Crippen LogP contribution in [0.2, 0.25) is 0 Å². The van der Waals surface area contributed by atoms with Gasteiger partial charge in [0.1, 0.15) is 5.75 Å².